The summed E-state index contributed by atoms with van der Waals surface area (Å²) >= 11 is 0. The van der Waals surface area contributed by atoms with Gasteiger partial charge in [-0.3, -0.25) is 4.79 Å². The zero-order chi connectivity index (χ0) is 22.4. The van der Waals surface area contributed by atoms with E-state index in [4.69, 9.17) is 18.3 Å². The highest BCUT2D eigenvalue weighted by Crippen LogP contribution is 2.50. The Kier molecular flexibility index (Phi) is 3.53. The second-order valence-corrected chi connectivity index (χ2v) is 8.50. The first kappa shape index (κ1) is 18.7. The summed E-state index contributed by atoms with van der Waals surface area (Å²) in [5, 5.41) is 2.94. The van der Waals surface area contributed by atoms with Crippen LogP contribution in [0, 0.1) is 0 Å². The Hall–Kier alpha value is -4.00. The van der Waals surface area contributed by atoms with Crippen molar-refractivity contribution >= 4 is 32.6 Å². The van der Waals surface area contributed by atoms with Gasteiger partial charge in [0.25, 0.3) is 0 Å². The molecule has 5 aromatic rings. The molecule has 0 atom stereocenters. The lowest BCUT2D eigenvalue weighted by Gasteiger charge is -2.31. The molecule has 3 heterocycles. The fraction of sp³-hybridized carbons (Fsp3) is 0.200. The first-order chi connectivity index (χ1) is 15.3. The Morgan fingerprint density at radius 3 is 2.44 bits per heavy atom. The van der Waals surface area contributed by atoms with E-state index >= 15 is 0 Å². The second kappa shape index (κ2) is 6.03. The van der Waals surface area contributed by atoms with Crippen LogP contribution in [0.5, 0.6) is 11.5 Å². The lowest BCUT2D eigenvalue weighted by molar-refractivity contribution is 0.0778. The Labute approximate surface area is 181 Å². The van der Waals surface area contributed by atoms with Crippen molar-refractivity contribution in [3.8, 4) is 22.8 Å². The van der Waals surface area contributed by atoms with E-state index in [-0.39, 0.29) is 16.9 Å². The summed E-state index contributed by atoms with van der Waals surface area (Å²) in [5.74, 6) is 0.572. The Balaban J connectivity index is 1.88. The summed E-state index contributed by atoms with van der Waals surface area (Å²) < 4.78 is 24.5. The van der Waals surface area contributed by atoms with Crippen LogP contribution in [0.15, 0.2) is 60.9 Å². The molecule has 0 fully saturated rings. The number of aryl methyl sites for hydroxylation is 1. The third-order valence-electron chi connectivity index (χ3n) is 6.20. The minimum Gasteiger partial charge on any atom is -0.496 e. The molecule has 0 saturated carbocycles. The average Bonchev–Trinajstić information content (AvgIpc) is 3.17. The molecule has 0 N–H and O–H groups in total. The third-order valence-corrected chi connectivity index (χ3v) is 6.20. The maximum atomic E-state index is 13.7. The van der Waals surface area contributed by atoms with Gasteiger partial charge in [0.05, 0.1) is 29.1 Å². The number of fused-ring (bicyclic) bond motifs is 7. The minimum atomic E-state index is -0.931. The molecule has 160 valence electrons. The van der Waals surface area contributed by atoms with Crippen LogP contribution in [0.25, 0.3) is 43.9 Å². The number of hydrogen-bond acceptors (Lipinski definition) is 6. The van der Waals surface area contributed by atoms with Gasteiger partial charge < -0.3 is 22.9 Å². The van der Waals surface area contributed by atoms with E-state index in [2.05, 4.69) is 0 Å². The molecule has 32 heavy (non-hydrogen) atoms. The molecule has 0 spiro atoms. The van der Waals surface area contributed by atoms with Gasteiger partial charge in [-0.05, 0) is 36.8 Å². The number of rotatable bonds is 1. The van der Waals surface area contributed by atoms with Crippen molar-refractivity contribution in [2.75, 3.05) is 7.11 Å². The maximum absolute atomic E-state index is 13.7. The van der Waals surface area contributed by atoms with Gasteiger partial charge in [-0.25, -0.2) is 4.79 Å². The number of ether oxygens (including phenoxy) is 2. The molecule has 0 saturated heterocycles. The van der Waals surface area contributed by atoms with Crippen LogP contribution in [0.2, 0.25) is 0 Å². The third kappa shape index (κ3) is 2.30. The van der Waals surface area contributed by atoms with E-state index in [1.54, 1.807) is 19.9 Å². The predicted octanol–water partition coefficient (Wildman–Crippen LogP) is 4.69. The molecule has 6 rings (SSSR count). The zero-order valence-electron chi connectivity index (χ0n) is 17.9. The summed E-state index contributed by atoms with van der Waals surface area (Å²) in [6, 6.07) is 13.4. The molecule has 0 unspecified atom stereocenters. The second-order valence-electron chi connectivity index (χ2n) is 8.50. The quantitative estimate of drug-likeness (QED) is 0.359. The van der Waals surface area contributed by atoms with E-state index in [0.717, 1.165) is 16.3 Å². The van der Waals surface area contributed by atoms with Crippen molar-refractivity contribution in [2.24, 2.45) is 7.05 Å². The summed E-state index contributed by atoms with van der Waals surface area (Å²) in [5.41, 5.74) is 0.688. The number of hydrogen-bond donors (Lipinski definition) is 0. The van der Waals surface area contributed by atoms with Crippen LogP contribution < -0.4 is 20.7 Å². The molecular weight excluding hydrogens is 410 g/mol. The van der Waals surface area contributed by atoms with Crippen LogP contribution in [-0.4, -0.2) is 11.7 Å². The number of benzene rings is 3. The van der Waals surface area contributed by atoms with Gasteiger partial charge in [0.2, 0.25) is 5.43 Å². The molecule has 0 radical (unpaired) electrons. The molecule has 0 aliphatic carbocycles. The largest absolute Gasteiger partial charge is 0.519 e. The zero-order valence-corrected chi connectivity index (χ0v) is 17.9. The minimum absolute atomic E-state index is 0.171. The van der Waals surface area contributed by atoms with Crippen molar-refractivity contribution in [3.05, 3.63) is 69.1 Å². The van der Waals surface area contributed by atoms with E-state index in [1.807, 2.05) is 48.0 Å². The highest BCUT2D eigenvalue weighted by Gasteiger charge is 2.41. The number of aromatic nitrogens is 1. The summed E-state index contributed by atoms with van der Waals surface area (Å²) in [7, 11) is 3.39. The van der Waals surface area contributed by atoms with Gasteiger partial charge in [0.15, 0.2) is 17.1 Å². The predicted molar refractivity (Wildman–Crippen MR) is 121 cm³/mol. The van der Waals surface area contributed by atoms with Crippen molar-refractivity contribution in [2.45, 2.75) is 19.4 Å². The number of methoxy groups -OCH3 is 1. The first-order valence-corrected chi connectivity index (χ1v) is 10.2. The molecule has 0 amide bonds. The first-order valence-electron chi connectivity index (χ1n) is 10.2. The molecule has 0 bridgehead atoms. The molecule has 1 aliphatic heterocycles. The van der Waals surface area contributed by atoms with E-state index in [0.29, 0.717) is 33.4 Å². The standard InChI is InChI=1S/C25H19NO6/c1-25(2)23-22(30-24(28)31-23)19-17(32-25)11-16(29-4)18-20(19)26(3)15-10-13-8-6-5-7-12(13)9-14(15)21(18)27/h5-11H,1-4H3. The lowest BCUT2D eigenvalue weighted by atomic mass is 9.93. The number of nitrogens with zero attached hydrogens (tertiary/aromatic N) is 1. The summed E-state index contributed by atoms with van der Waals surface area (Å²) in [4.78, 5) is 25.8. The van der Waals surface area contributed by atoms with Crippen LogP contribution in [0.4, 0.5) is 0 Å². The van der Waals surface area contributed by atoms with Gasteiger partial charge in [0, 0.05) is 18.5 Å². The molecule has 3 aromatic carbocycles. The average molecular weight is 429 g/mol. The van der Waals surface area contributed by atoms with E-state index in [9.17, 15) is 9.59 Å². The van der Waals surface area contributed by atoms with Crippen LogP contribution in [0.1, 0.15) is 19.6 Å². The molecule has 7 heteroatoms. The van der Waals surface area contributed by atoms with Gasteiger partial charge in [-0.1, -0.05) is 24.3 Å². The molecule has 1 aliphatic rings. The Morgan fingerprint density at radius 2 is 1.72 bits per heavy atom. The van der Waals surface area contributed by atoms with Gasteiger partial charge >= 0.3 is 5.82 Å². The van der Waals surface area contributed by atoms with Crippen molar-refractivity contribution in [1.29, 1.82) is 0 Å². The molecule has 2 aromatic heterocycles. The lowest BCUT2D eigenvalue weighted by Crippen LogP contribution is -2.29. The van der Waals surface area contributed by atoms with Crippen molar-refractivity contribution in [3.63, 3.8) is 0 Å². The SMILES string of the molecule is COc1cc2c(c3c1c(=O)c1cc4ccccc4cc1n3C)-c1oc(=O)oc1C(C)(C)O2. The highest BCUT2D eigenvalue weighted by molar-refractivity contribution is 6.08. The Morgan fingerprint density at radius 1 is 1.00 bits per heavy atom. The fourth-order valence-electron chi connectivity index (χ4n) is 4.74. The summed E-state index contributed by atoms with van der Waals surface area (Å²) in [6.07, 6.45) is 0. The van der Waals surface area contributed by atoms with Crippen molar-refractivity contribution in [1.82, 2.24) is 4.57 Å². The summed E-state index contributed by atoms with van der Waals surface area (Å²) in [6.45, 7) is 3.57. The van der Waals surface area contributed by atoms with Crippen LogP contribution in [0.3, 0.4) is 0 Å². The molecule has 7 nitrogen and oxygen atoms in total. The van der Waals surface area contributed by atoms with E-state index in [1.165, 1.54) is 7.11 Å². The normalized spacial score (nSPS) is 14.4. The smallest absolute Gasteiger partial charge is 0.496 e. The van der Waals surface area contributed by atoms with E-state index < -0.39 is 11.4 Å². The van der Waals surface area contributed by atoms with Crippen LogP contribution in [-0.2, 0) is 12.6 Å². The van der Waals surface area contributed by atoms with Gasteiger partial charge in [-0.2, -0.15) is 0 Å². The van der Waals surface area contributed by atoms with Crippen LogP contribution >= 0.6 is 0 Å². The maximum Gasteiger partial charge on any atom is 0.519 e. The fourth-order valence-corrected chi connectivity index (χ4v) is 4.74. The van der Waals surface area contributed by atoms with Crippen molar-refractivity contribution < 1.29 is 18.3 Å². The van der Waals surface area contributed by atoms with Gasteiger partial charge in [0.1, 0.15) is 11.5 Å². The number of pyridine rings is 1. The Bertz CT molecular complexity index is 1720. The van der Waals surface area contributed by atoms with Gasteiger partial charge in [-0.15, -0.1) is 0 Å². The highest BCUT2D eigenvalue weighted by atomic mass is 16.6. The molecular formula is C25H19NO6. The monoisotopic (exact) mass is 429 g/mol. The topological polar surface area (TPSA) is 83.8 Å².